The number of fused-ring (bicyclic) bond motifs is 3. The van der Waals surface area contributed by atoms with Crippen molar-refractivity contribution in [1.29, 1.82) is 0 Å². The van der Waals surface area contributed by atoms with E-state index in [-0.39, 0.29) is 30.4 Å². The molecule has 0 bridgehead atoms. The van der Waals surface area contributed by atoms with Gasteiger partial charge in [0.2, 0.25) is 11.8 Å². The summed E-state index contributed by atoms with van der Waals surface area (Å²) in [6.07, 6.45) is -6.58. The third-order valence-electron chi connectivity index (χ3n) is 12.5. The van der Waals surface area contributed by atoms with Gasteiger partial charge in [-0.1, -0.05) is 184 Å². The van der Waals surface area contributed by atoms with Crippen molar-refractivity contribution in [3.05, 3.63) is 215 Å². The predicted molar refractivity (Wildman–Crippen MR) is 269 cm³/mol. The number of alkyl carbamates (subject to hydrolysis) is 1. The van der Waals surface area contributed by atoms with Crippen LogP contribution in [0.25, 0.3) is 11.1 Å². The Morgan fingerprint density at radius 2 is 1.17 bits per heavy atom. The molecule has 368 valence electrons. The molecule has 0 saturated carbocycles. The number of rotatable bonds is 21. The highest BCUT2D eigenvalue weighted by Crippen LogP contribution is 2.49. The number of benzene rings is 6. The van der Waals surface area contributed by atoms with Crippen molar-refractivity contribution in [2.45, 2.75) is 67.8 Å². The Kier molecular flexibility index (Phi) is 17.2. The minimum Gasteiger partial charge on any atom is -0.461 e. The van der Waals surface area contributed by atoms with Crippen LogP contribution in [0.2, 0.25) is 0 Å². The second-order valence-corrected chi connectivity index (χ2v) is 18.8. The Morgan fingerprint density at radius 3 is 1.69 bits per heavy atom. The number of amides is 3. The Balaban J connectivity index is 1.23. The van der Waals surface area contributed by atoms with E-state index in [4.69, 9.17) is 9.47 Å². The van der Waals surface area contributed by atoms with Crippen molar-refractivity contribution >= 4 is 35.6 Å². The molecule has 0 saturated heterocycles. The standard InChI is InChI=1S/C57H56F3N3O7S/c1-4-31-69-51(65)34-50(64)52(37(2)3)63-54(67)49(36-71-56(39-20-8-5-9-21-39,40-22-10-6-11-23-40)41-24-12-7-13-25-41)61-53(66)48(33-38-19-18-26-42(32-38)57(58,59)60)62-55(68)70-35-47-45-29-16-14-27-43(45)44-28-15-17-30-46(44)47/h4-30,32,37,47-50,52,64H,1,31,33-36H2,2-3H3,(H,61,66)(H,62,68)(H,63,67)/t48?,49?,50-,52+/m0/s1. The summed E-state index contributed by atoms with van der Waals surface area (Å²) in [7, 11) is 0. The number of aliphatic hydroxyl groups excluding tert-OH is 1. The van der Waals surface area contributed by atoms with Crippen LogP contribution in [0.15, 0.2) is 176 Å². The number of ether oxygens (including phenoxy) is 2. The Labute approximate surface area is 416 Å². The van der Waals surface area contributed by atoms with Crippen molar-refractivity contribution < 1.29 is 46.9 Å². The van der Waals surface area contributed by atoms with Crippen molar-refractivity contribution in [3.8, 4) is 11.1 Å². The van der Waals surface area contributed by atoms with Crippen LogP contribution in [0, 0.1) is 5.92 Å². The Bertz CT molecular complexity index is 2630. The third kappa shape index (κ3) is 12.6. The van der Waals surface area contributed by atoms with E-state index in [9.17, 15) is 37.5 Å². The first-order valence-electron chi connectivity index (χ1n) is 23.3. The van der Waals surface area contributed by atoms with Crippen LogP contribution in [0.4, 0.5) is 18.0 Å². The van der Waals surface area contributed by atoms with Crippen molar-refractivity contribution in [2.75, 3.05) is 19.0 Å². The molecule has 10 nitrogen and oxygen atoms in total. The number of aliphatic hydroxyl groups is 1. The van der Waals surface area contributed by atoms with Crippen LogP contribution in [0.3, 0.4) is 0 Å². The second-order valence-electron chi connectivity index (χ2n) is 17.6. The third-order valence-corrected chi connectivity index (χ3v) is 14.1. The maximum atomic E-state index is 14.9. The number of nitrogens with one attached hydrogen (secondary N) is 3. The first kappa shape index (κ1) is 51.7. The van der Waals surface area contributed by atoms with E-state index in [0.717, 1.165) is 51.1 Å². The van der Waals surface area contributed by atoms with Gasteiger partial charge >= 0.3 is 18.2 Å². The molecule has 4 N–H and O–H groups in total. The molecule has 71 heavy (non-hydrogen) atoms. The number of esters is 1. The van der Waals surface area contributed by atoms with Crippen LogP contribution in [0.5, 0.6) is 0 Å². The van der Waals surface area contributed by atoms with Crippen LogP contribution < -0.4 is 16.0 Å². The first-order valence-corrected chi connectivity index (χ1v) is 24.3. The van der Waals surface area contributed by atoms with E-state index in [1.807, 2.05) is 140 Å². The van der Waals surface area contributed by atoms with Crippen LogP contribution >= 0.6 is 11.8 Å². The van der Waals surface area contributed by atoms with E-state index in [0.29, 0.717) is 0 Å². The fourth-order valence-corrected chi connectivity index (χ4v) is 10.6. The Morgan fingerprint density at radius 1 is 0.662 bits per heavy atom. The SMILES string of the molecule is C=CCOC(=O)C[C@H](O)[C@H](NC(=O)C(CSC(c1ccccc1)(c1ccccc1)c1ccccc1)NC(=O)C(Cc1cccc(C(F)(F)F)c1)NC(=O)OCC1c2ccccc2-c2ccccc21)C(C)C. The lowest BCUT2D eigenvalue weighted by Gasteiger charge is -2.37. The fraction of sp³-hybridized carbons (Fsp3) is 0.263. The summed E-state index contributed by atoms with van der Waals surface area (Å²) in [4.78, 5) is 56.3. The highest BCUT2D eigenvalue weighted by Gasteiger charge is 2.40. The van der Waals surface area contributed by atoms with Gasteiger partial charge in [0.25, 0.3) is 0 Å². The van der Waals surface area contributed by atoms with E-state index in [2.05, 4.69) is 22.5 Å². The monoisotopic (exact) mass is 983 g/mol. The van der Waals surface area contributed by atoms with Gasteiger partial charge in [0.1, 0.15) is 25.3 Å². The van der Waals surface area contributed by atoms with Crippen LogP contribution in [-0.4, -0.2) is 72.2 Å². The van der Waals surface area contributed by atoms with Gasteiger partial charge in [0, 0.05) is 18.1 Å². The van der Waals surface area contributed by atoms with Gasteiger partial charge in [-0.05, 0) is 56.5 Å². The lowest BCUT2D eigenvalue weighted by Crippen LogP contribution is -2.58. The molecular formula is C57H56F3N3O7S. The maximum absolute atomic E-state index is 14.9. The minimum atomic E-state index is -4.70. The van der Waals surface area contributed by atoms with Gasteiger partial charge in [-0.15, -0.1) is 11.8 Å². The Hall–Kier alpha value is -7.16. The highest BCUT2D eigenvalue weighted by atomic mass is 32.2. The molecule has 0 fully saturated rings. The summed E-state index contributed by atoms with van der Waals surface area (Å²) >= 11 is 1.36. The molecule has 1 aliphatic rings. The molecule has 1 aliphatic carbocycles. The zero-order valence-corrected chi connectivity index (χ0v) is 40.1. The van der Waals surface area contributed by atoms with Gasteiger partial charge in [-0.2, -0.15) is 13.2 Å². The van der Waals surface area contributed by atoms with E-state index in [1.165, 1.54) is 30.0 Å². The van der Waals surface area contributed by atoms with Gasteiger partial charge in [0.15, 0.2) is 0 Å². The average molecular weight is 984 g/mol. The fourth-order valence-electron chi connectivity index (χ4n) is 9.01. The molecule has 2 unspecified atom stereocenters. The second kappa shape index (κ2) is 23.6. The number of carbonyl (C=O) groups is 4. The molecule has 6 aromatic rings. The lowest BCUT2D eigenvalue weighted by atomic mass is 9.84. The summed E-state index contributed by atoms with van der Waals surface area (Å²) in [6.45, 7) is 6.86. The number of hydrogen-bond acceptors (Lipinski definition) is 8. The van der Waals surface area contributed by atoms with E-state index >= 15 is 0 Å². The number of carbonyl (C=O) groups excluding carboxylic acids is 4. The number of halogens is 3. The number of thioether (sulfide) groups is 1. The summed E-state index contributed by atoms with van der Waals surface area (Å²) < 4.78 is 52.0. The quantitative estimate of drug-likeness (QED) is 0.0317. The molecule has 6 aromatic carbocycles. The molecule has 0 radical (unpaired) electrons. The average Bonchev–Trinajstić information content (AvgIpc) is 3.70. The molecule has 0 spiro atoms. The van der Waals surface area contributed by atoms with Gasteiger partial charge < -0.3 is 30.5 Å². The molecule has 14 heteroatoms. The molecular weight excluding hydrogens is 928 g/mol. The van der Waals surface area contributed by atoms with Crippen molar-refractivity contribution in [3.63, 3.8) is 0 Å². The van der Waals surface area contributed by atoms with E-state index in [1.54, 1.807) is 13.8 Å². The van der Waals surface area contributed by atoms with Crippen molar-refractivity contribution in [1.82, 2.24) is 16.0 Å². The lowest BCUT2D eigenvalue weighted by molar-refractivity contribution is -0.145. The smallest absolute Gasteiger partial charge is 0.416 e. The first-order chi connectivity index (χ1) is 34.2. The topological polar surface area (TPSA) is 143 Å². The minimum absolute atomic E-state index is 0.0761. The molecule has 0 aromatic heterocycles. The van der Waals surface area contributed by atoms with E-state index < -0.39 is 83.4 Å². The molecule has 3 amide bonds. The molecule has 0 aliphatic heterocycles. The number of hydrogen-bond donors (Lipinski definition) is 4. The summed E-state index contributed by atoms with van der Waals surface area (Å²) in [5.74, 6) is -3.21. The summed E-state index contributed by atoms with van der Waals surface area (Å²) in [6, 6.07) is 44.9. The number of alkyl halides is 3. The van der Waals surface area contributed by atoms with Gasteiger partial charge in [-0.3, -0.25) is 14.4 Å². The highest BCUT2D eigenvalue weighted by molar-refractivity contribution is 8.00. The molecule has 7 rings (SSSR count). The summed E-state index contributed by atoms with van der Waals surface area (Å²) in [5, 5.41) is 19.7. The molecule has 4 atom stereocenters. The zero-order valence-electron chi connectivity index (χ0n) is 39.3. The van der Waals surface area contributed by atoms with Gasteiger partial charge in [0.05, 0.1) is 28.9 Å². The zero-order chi connectivity index (χ0) is 50.5. The van der Waals surface area contributed by atoms with Crippen LogP contribution in [0.1, 0.15) is 65.1 Å². The summed E-state index contributed by atoms with van der Waals surface area (Å²) in [5.41, 5.74) is 5.60. The normalized spacial score (nSPS) is 14.0. The predicted octanol–water partition coefficient (Wildman–Crippen LogP) is 9.99. The largest absolute Gasteiger partial charge is 0.461 e. The maximum Gasteiger partial charge on any atom is 0.416 e. The van der Waals surface area contributed by atoms with Crippen LogP contribution in [-0.2, 0) is 41.2 Å². The van der Waals surface area contributed by atoms with Crippen molar-refractivity contribution in [2.24, 2.45) is 5.92 Å². The van der Waals surface area contributed by atoms with Gasteiger partial charge in [-0.25, -0.2) is 4.79 Å². The molecule has 0 heterocycles.